The molecule has 2 unspecified atom stereocenters. The average molecular weight is 576 g/mol. The molecule has 40 heavy (non-hydrogen) atoms. The van der Waals surface area contributed by atoms with Crippen LogP contribution < -0.4 is 21.7 Å². The number of nitrogens with one attached hydrogen (secondary N) is 3. The Morgan fingerprint density at radius 3 is 2.55 bits per heavy atom. The lowest BCUT2D eigenvalue weighted by Gasteiger charge is -2.33. The van der Waals surface area contributed by atoms with E-state index in [-0.39, 0.29) is 29.2 Å². The number of likely N-dealkylation sites (tertiary alicyclic amines) is 1. The minimum atomic E-state index is -3.51. The highest BCUT2D eigenvalue weighted by atomic mass is 32.2. The van der Waals surface area contributed by atoms with Crippen molar-refractivity contribution >= 4 is 39.3 Å². The number of para-hydroxylation sites is 1. The normalized spacial score (nSPS) is 26.9. The number of nitrogens with zero attached hydrogens (tertiary/aromatic N) is 3. The van der Waals surface area contributed by atoms with Crippen LogP contribution in [0.3, 0.4) is 0 Å². The van der Waals surface area contributed by atoms with Gasteiger partial charge in [-0.2, -0.15) is 17.0 Å². The first-order chi connectivity index (χ1) is 19.1. The SMILES string of the molecule is CNc1c(CCC(=O)N2CCC3(CCN(S(=O)(=O)N4CCC(N)CC4)C3)C2)cccc1NC1CCC(=O)NC1=O. The first-order valence-electron chi connectivity index (χ1n) is 14.3. The van der Waals surface area contributed by atoms with E-state index in [9.17, 15) is 22.8 Å². The molecule has 13 heteroatoms. The summed E-state index contributed by atoms with van der Waals surface area (Å²) < 4.78 is 29.6. The molecule has 1 aromatic carbocycles. The summed E-state index contributed by atoms with van der Waals surface area (Å²) in [7, 11) is -1.70. The highest BCUT2D eigenvalue weighted by Gasteiger charge is 2.48. The fraction of sp³-hybridized carbons (Fsp3) is 0.667. The Kier molecular flexibility index (Phi) is 8.37. The number of rotatable bonds is 8. The maximum Gasteiger partial charge on any atom is 0.281 e. The van der Waals surface area contributed by atoms with E-state index in [4.69, 9.17) is 5.73 Å². The maximum absolute atomic E-state index is 13.2. The molecular weight excluding hydrogens is 534 g/mol. The van der Waals surface area contributed by atoms with Gasteiger partial charge in [-0.15, -0.1) is 0 Å². The van der Waals surface area contributed by atoms with Gasteiger partial charge in [0.2, 0.25) is 17.7 Å². The lowest BCUT2D eigenvalue weighted by Crippen LogP contribution is -2.49. The molecule has 1 aromatic rings. The molecule has 3 amide bonds. The van der Waals surface area contributed by atoms with Crippen molar-refractivity contribution in [2.75, 3.05) is 56.9 Å². The Morgan fingerprint density at radius 2 is 1.82 bits per heavy atom. The Balaban J connectivity index is 1.16. The fourth-order valence-corrected chi connectivity index (χ4v) is 8.24. The van der Waals surface area contributed by atoms with E-state index in [1.165, 1.54) is 0 Å². The van der Waals surface area contributed by atoms with Crippen LogP contribution in [0.5, 0.6) is 0 Å². The summed E-state index contributed by atoms with van der Waals surface area (Å²) in [5.74, 6) is -0.527. The standard InChI is InChI=1S/C27H41N7O5S/c1-29-25-19(3-2-4-21(25)30-22-6-7-23(35)31-26(22)37)5-8-24(36)32-15-11-27(17-32)12-16-34(18-27)40(38,39)33-13-9-20(28)10-14-33/h2-4,20,22,29-30H,5-18,28H2,1H3,(H,31,35,37). The first kappa shape index (κ1) is 28.8. The van der Waals surface area contributed by atoms with Crippen molar-refractivity contribution in [1.29, 1.82) is 0 Å². The summed E-state index contributed by atoms with van der Waals surface area (Å²) in [6.07, 6.45) is 4.53. The van der Waals surface area contributed by atoms with Crippen LogP contribution in [-0.4, -0.2) is 98.0 Å². The lowest BCUT2D eigenvalue weighted by atomic mass is 9.86. The van der Waals surface area contributed by atoms with E-state index in [0.29, 0.717) is 77.8 Å². The number of hydrogen-bond acceptors (Lipinski definition) is 8. The van der Waals surface area contributed by atoms with E-state index in [2.05, 4.69) is 16.0 Å². The minimum absolute atomic E-state index is 0.0637. The van der Waals surface area contributed by atoms with E-state index >= 15 is 0 Å². The van der Waals surface area contributed by atoms with Gasteiger partial charge in [0.1, 0.15) is 6.04 Å². The number of carbonyl (C=O) groups is 3. The van der Waals surface area contributed by atoms with Gasteiger partial charge in [0.25, 0.3) is 10.2 Å². The van der Waals surface area contributed by atoms with Gasteiger partial charge in [0, 0.05) is 70.6 Å². The molecule has 4 heterocycles. The zero-order chi connectivity index (χ0) is 28.5. The predicted molar refractivity (Wildman–Crippen MR) is 152 cm³/mol. The van der Waals surface area contributed by atoms with E-state index in [1.54, 1.807) is 15.7 Å². The number of imide groups is 1. The third-order valence-electron chi connectivity index (χ3n) is 8.92. The van der Waals surface area contributed by atoms with Crippen LogP contribution in [0, 0.1) is 5.41 Å². The molecular formula is C27H41N7O5S. The molecule has 4 saturated heterocycles. The summed E-state index contributed by atoms with van der Waals surface area (Å²) in [6, 6.07) is 5.31. The molecule has 4 fully saturated rings. The van der Waals surface area contributed by atoms with Gasteiger partial charge < -0.3 is 21.3 Å². The molecule has 2 atom stereocenters. The number of carbonyl (C=O) groups excluding carboxylic acids is 3. The second-order valence-electron chi connectivity index (χ2n) is 11.6. The summed E-state index contributed by atoms with van der Waals surface area (Å²) in [5.41, 5.74) is 8.32. The number of piperidine rings is 2. The number of hydrogen-bond donors (Lipinski definition) is 4. The average Bonchev–Trinajstić information content (AvgIpc) is 3.56. The van der Waals surface area contributed by atoms with Crippen LogP contribution >= 0.6 is 0 Å². The molecule has 0 radical (unpaired) electrons. The Morgan fingerprint density at radius 1 is 1.07 bits per heavy atom. The van der Waals surface area contributed by atoms with Crippen molar-refractivity contribution in [3.63, 3.8) is 0 Å². The Bertz CT molecular complexity index is 1250. The second kappa shape index (κ2) is 11.6. The van der Waals surface area contributed by atoms with Crippen LogP contribution in [0.1, 0.15) is 50.5 Å². The monoisotopic (exact) mass is 575 g/mol. The minimum Gasteiger partial charge on any atom is -0.386 e. The zero-order valence-electron chi connectivity index (χ0n) is 23.2. The van der Waals surface area contributed by atoms with Crippen molar-refractivity contribution in [3.8, 4) is 0 Å². The van der Waals surface area contributed by atoms with Crippen LogP contribution in [0.4, 0.5) is 11.4 Å². The van der Waals surface area contributed by atoms with Crippen molar-refractivity contribution in [1.82, 2.24) is 18.8 Å². The third-order valence-corrected chi connectivity index (χ3v) is 10.9. The molecule has 0 bridgehead atoms. The van der Waals surface area contributed by atoms with Gasteiger partial charge in [-0.25, -0.2) is 0 Å². The molecule has 5 rings (SSSR count). The van der Waals surface area contributed by atoms with Crippen molar-refractivity contribution in [3.05, 3.63) is 23.8 Å². The molecule has 12 nitrogen and oxygen atoms in total. The molecule has 1 spiro atoms. The molecule has 4 aliphatic rings. The number of benzene rings is 1. The van der Waals surface area contributed by atoms with E-state index < -0.39 is 16.3 Å². The zero-order valence-corrected chi connectivity index (χ0v) is 24.0. The molecule has 4 aliphatic heterocycles. The smallest absolute Gasteiger partial charge is 0.281 e. The first-order valence-corrected chi connectivity index (χ1v) is 15.7. The Hall–Kier alpha value is -2.74. The molecule has 220 valence electrons. The Labute approximate surface area is 236 Å². The van der Waals surface area contributed by atoms with Crippen LogP contribution in [0.2, 0.25) is 0 Å². The van der Waals surface area contributed by atoms with Gasteiger partial charge in [-0.05, 0) is 50.2 Å². The number of anilines is 2. The molecule has 0 aliphatic carbocycles. The van der Waals surface area contributed by atoms with Crippen molar-refractivity contribution in [2.45, 2.75) is 63.5 Å². The van der Waals surface area contributed by atoms with Gasteiger partial charge in [-0.1, -0.05) is 12.1 Å². The van der Waals surface area contributed by atoms with Crippen LogP contribution in [-0.2, 0) is 31.0 Å². The maximum atomic E-state index is 13.2. The van der Waals surface area contributed by atoms with Gasteiger partial charge in [0.05, 0.1) is 11.4 Å². The number of amides is 3. The van der Waals surface area contributed by atoms with Gasteiger partial charge in [-0.3, -0.25) is 19.7 Å². The molecule has 0 aromatic heterocycles. The summed E-state index contributed by atoms with van der Waals surface area (Å²) in [4.78, 5) is 38.8. The van der Waals surface area contributed by atoms with Crippen LogP contribution in [0.25, 0.3) is 0 Å². The van der Waals surface area contributed by atoms with E-state index in [1.807, 2.05) is 23.1 Å². The quantitative estimate of drug-likeness (QED) is 0.326. The molecule has 0 saturated carbocycles. The topological polar surface area (TPSA) is 157 Å². The fourth-order valence-electron chi connectivity index (χ4n) is 6.48. The van der Waals surface area contributed by atoms with Crippen LogP contribution in [0.15, 0.2) is 18.2 Å². The summed E-state index contributed by atoms with van der Waals surface area (Å²) in [6.45, 7) is 3.11. The summed E-state index contributed by atoms with van der Waals surface area (Å²) in [5, 5.41) is 8.81. The highest BCUT2D eigenvalue weighted by Crippen LogP contribution is 2.41. The second-order valence-corrected chi connectivity index (χ2v) is 13.6. The largest absolute Gasteiger partial charge is 0.386 e. The number of aryl methyl sites for hydroxylation is 1. The van der Waals surface area contributed by atoms with Crippen molar-refractivity contribution < 1.29 is 22.8 Å². The summed E-state index contributed by atoms with van der Waals surface area (Å²) >= 11 is 0. The highest BCUT2D eigenvalue weighted by molar-refractivity contribution is 7.86. The number of nitrogens with two attached hydrogens (primary N) is 1. The third kappa shape index (κ3) is 5.97. The van der Waals surface area contributed by atoms with E-state index in [0.717, 1.165) is 29.8 Å². The predicted octanol–water partition coefficient (Wildman–Crippen LogP) is 0.470. The van der Waals surface area contributed by atoms with Crippen molar-refractivity contribution in [2.24, 2.45) is 11.1 Å². The lowest BCUT2D eigenvalue weighted by molar-refractivity contribution is -0.134. The van der Waals surface area contributed by atoms with Gasteiger partial charge >= 0.3 is 0 Å². The van der Waals surface area contributed by atoms with Gasteiger partial charge in [0.15, 0.2) is 0 Å². The molecule has 5 N–H and O–H groups in total.